The van der Waals surface area contributed by atoms with Gasteiger partial charge < -0.3 is 10.1 Å². The predicted octanol–water partition coefficient (Wildman–Crippen LogP) is 2.26. The van der Waals surface area contributed by atoms with E-state index in [1.54, 1.807) is 50.4 Å². The molecule has 3 rings (SSSR count). The molecule has 0 radical (unpaired) electrons. The lowest BCUT2D eigenvalue weighted by atomic mass is 10.1. The van der Waals surface area contributed by atoms with Crippen molar-refractivity contribution in [1.29, 1.82) is 0 Å². The molecule has 2 aromatic carbocycles. The van der Waals surface area contributed by atoms with Crippen LogP contribution in [0.5, 0.6) is 5.75 Å². The maximum Gasteiger partial charge on any atom is 0.255 e. The number of sulfonamides is 1. The van der Waals surface area contributed by atoms with Crippen LogP contribution < -0.4 is 14.4 Å². The molecule has 0 bridgehead atoms. The van der Waals surface area contributed by atoms with E-state index in [9.17, 15) is 18.0 Å². The number of hydrogen-bond donors (Lipinski definition) is 1. The summed E-state index contributed by atoms with van der Waals surface area (Å²) in [6.45, 7) is 1.57. The fourth-order valence-corrected chi connectivity index (χ4v) is 4.55. The molecule has 7 nitrogen and oxygen atoms in total. The van der Waals surface area contributed by atoms with Gasteiger partial charge in [0, 0.05) is 11.3 Å². The van der Waals surface area contributed by atoms with Gasteiger partial charge in [0.25, 0.3) is 5.91 Å². The smallest absolute Gasteiger partial charge is 0.255 e. The van der Waals surface area contributed by atoms with E-state index in [-0.39, 0.29) is 17.0 Å². The molecule has 2 amide bonds. The van der Waals surface area contributed by atoms with Crippen LogP contribution in [0.2, 0.25) is 0 Å². The van der Waals surface area contributed by atoms with Gasteiger partial charge in [0.15, 0.2) is 0 Å². The monoisotopic (exact) mass is 374 g/mol. The summed E-state index contributed by atoms with van der Waals surface area (Å²) in [7, 11) is -2.16. The summed E-state index contributed by atoms with van der Waals surface area (Å²) in [5.74, 6) is -1.06. The molecule has 1 atom stereocenters. The number of nitrogens with one attached hydrogen (secondary N) is 1. The molecule has 0 spiro atoms. The van der Waals surface area contributed by atoms with Gasteiger partial charge in [-0.25, -0.2) is 12.7 Å². The van der Waals surface area contributed by atoms with Crippen LogP contribution in [0.15, 0.2) is 48.5 Å². The van der Waals surface area contributed by atoms with E-state index in [1.165, 1.54) is 12.1 Å². The van der Waals surface area contributed by atoms with Crippen molar-refractivity contribution in [2.45, 2.75) is 6.92 Å². The summed E-state index contributed by atoms with van der Waals surface area (Å²) in [5, 5.41) is 2.72. The van der Waals surface area contributed by atoms with Gasteiger partial charge >= 0.3 is 0 Å². The minimum Gasteiger partial charge on any atom is -0.497 e. The Morgan fingerprint density at radius 1 is 1.19 bits per heavy atom. The predicted molar refractivity (Wildman–Crippen MR) is 97.8 cm³/mol. The van der Waals surface area contributed by atoms with Crippen LogP contribution >= 0.6 is 0 Å². The third kappa shape index (κ3) is 3.41. The average molecular weight is 374 g/mol. The van der Waals surface area contributed by atoms with Gasteiger partial charge in [0.05, 0.1) is 24.5 Å². The average Bonchev–Trinajstić information content (AvgIpc) is 2.82. The van der Waals surface area contributed by atoms with Gasteiger partial charge in [-0.15, -0.1) is 0 Å². The van der Waals surface area contributed by atoms with Gasteiger partial charge in [-0.1, -0.05) is 13.0 Å². The Morgan fingerprint density at radius 2 is 1.88 bits per heavy atom. The Morgan fingerprint density at radius 3 is 2.46 bits per heavy atom. The highest BCUT2D eigenvalue weighted by molar-refractivity contribution is 7.94. The number of methoxy groups -OCH3 is 1. The first-order valence-electron chi connectivity index (χ1n) is 7.94. The van der Waals surface area contributed by atoms with Crippen LogP contribution in [0.4, 0.5) is 11.4 Å². The van der Waals surface area contributed by atoms with E-state index < -0.39 is 27.8 Å². The third-order valence-electron chi connectivity index (χ3n) is 4.05. The quantitative estimate of drug-likeness (QED) is 0.886. The SMILES string of the molecule is COc1ccc(NC(=O)c2cccc(N3C(=O)[C@H](C)CS3(=O)=O)c2)cc1. The van der Waals surface area contributed by atoms with E-state index in [1.807, 2.05) is 0 Å². The molecule has 2 aromatic rings. The lowest BCUT2D eigenvalue weighted by molar-refractivity contribution is -0.119. The van der Waals surface area contributed by atoms with Crippen LogP contribution in [0, 0.1) is 5.92 Å². The number of hydrogen-bond acceptors (Lipinski definition) is 5. The third-order valence-corrected chi connectivity index (χ3v) is 5.92. The molecule has 1 fully saturated rings. The molecule has 0 aromatic heterocycles. The second kappa shape index (κ2) is 6.80. The highest BCUT2D eigenvalue weighted by atomic mass is 32.2. The number of anilines is 2. The molecule has 136 valence electrons. The zero-order valence-electron chi connectivity index (χ0n) is 14.3. The number of benzene rings is 2. The zero-order chi connectivity index (χ0) is 18.9. The molecule has 26 heavy (non-hydrogen) atoms. The summed E-state index contributed by atoms with van der Waals surface area (Å²) in [5.41, 5.74) is 0.988. The minimum absolute atomic E-state index is 0.168. The Kier molecular flexibility index (Phi) is 4.69. The molecule has 1 saturated heterocycles. The normalized spacial score (nSPS) is 18.6. The number of ether oxygens (including phenoxy) is 1. The minimum atomic E-state index is -3.71. The fraction of sp³-hybridized carbons (Fsp3) is 0.222. The molecular formula is C18H18N2O5S. The van der Waals surface area contributed by atoms with Crippen LogP contribution in [0.1, 0.15) is 17.3 Å². The molecule has 8 heteroatoms. The topological polar surface area (TPSA) is 92.8 Å². The molecule has 0 unspecified atom stereocenters. The molecule has 0 saturated carbocycles. The Labute approximate surface area is 151 Å². The van der Waals surface area contributed by atoms with Gasteiger partial charge in [0.1, 0.15) is 5.75 Å². The van der Waals surface area contributed by atoms with Crippen molar-refractivity contribution in [2.75, 3.05) is 22.5 Å². The van der Waals surface area contributed by atoms with Crippen LogP contribution in [0.3, 0.4) is 0 Å². The highest BCUT2D eigenvalue weighted by Gasteiger charge is 2.42. The maximum absolute atomic E-state index is 12.4. The second-order valence-electron chi connectivity index (χ2n) is 6.02. The van der Waals surface area contributed by atoms with Crippen molar-refractivity contribution in [3.8, 4) is 5.75 Å². The summed E-state index contributed by atoms with van der Waals surface area (Å²) in [6, 6.07) is 12.8. The first-order valence-corrected chi connectivity index (χ1v) is 9.55. The lowest BCUT2D eigenvalue weighted by Gasteiger charge is -2.16. The molecule has 1 aliphatic heterocycles. The number of rotatable bonds is 4. The molecule has 1 N–H and O–H groups in total. The van der Waals surface area contributed by atoms with Crippen molar-refractivity contribution < 1.29 is 22.7 Å². The van der Waals surface area contributed by atoms with Crippen molar-refractivity contribution in [3.63, 3.8) is 0 Å². The fourth-order valence-electron chi connectivity index (χ4n) is 2.74. The van der Waals surface area contributed by atoms with Crippen LogP contribution in [-0.4, -0.2) is 33.1 Å². The van der Waals surface area contributed by atoms with Crippen molar-refractivity contribution in [3.05, 3.63) is 54.1 Å². The zero-order valence-corrected chi connectivity index (χ0v) is 15.1. The van der Waals surface area contributed by atoms with E-state index in [4.69, 9.17) is 4.74 Å². The van der Waals surface area contributed by atoms with Crippen molar-refractivity contribution >= 4 is 33.2 Å². The second-order valence-corrected chi connectivity index (χ2v) is 7.88. The number of amides is 2. The summed E-state index contributed by atoms with van der Waals surface area (Å²) in [4.78, 5) is 24.6. The lowest BCUT2D eigenvalue weighted by Crippen LogP contribution is -2.30. The van der Waals surface area contributed by atoms with Gasteiger partial charge in [-0.05, 0) is 42.5 Å². The van der Waals surface area contributed by atoms with E-state index in [0.29, 0.717) is 11.4 Å². The van der Waals surface area contributed by atoms with E-state index in [0.717, 1.165) is 4.31 Å². The summed E-state index contributed by atoms with van der Waals surface area (Å²) < 4.78 is 30.3. The number of carbonyl (C=O) groups is 2. The molecule has 1 heterocycles. The van der Waals surface area contributed by atoms with Crippen LogP contribution in [-0.2, 0) is 14.8 Å². The Bertz CT molecular complexity index is 954. The first-order chi connectivity index (χ1) is 12.3. The maximum atomic E-state index is 12.4. The van der Waals surface area contributed by atoms with Gasteiger partial charge in [0.2, 0.25) is 15.9 Å². The summed E-state index contributed by atoms with van der Waals surface area (Å²) >= 11 is 0. The Hall–Kier alpha value is -2.87. The number of carbonyl (C=O) groups excluding carboxylic acids is 2. The first kappa shape index (κ1) is 17.9. The molecule has 1 aliphatic rings. The van der Waals surface area contributed by atoms with Crippen molar-refractivity contribution in [2.24, 2.45) is 5.92 Å². The van der Waals surface area contributed by atoms with Crippen molar-refractivity contribution in [1.82, 2.24) is 0 Å². The molecular weight excluding hydrogens is 356 g/mol. The Balaban J connectivity index is 1.84. The number of nitrogens with zero attached hydrogens (tertiary/aromatic N) is 1. The largest absolute Gasteiger partial charge is 0.497 e. The summed E-state index contributed by atoms with van der Waals surface area (Å²) in [6.07, 6.45) is 0. The highest BCUT2D eigenvalue weighted by Crippen LogP contribution is 2.29. The molecule has 0 aliphatic carbocycles. The van der Waals surface area contributed by atoms with Crippen LogP contribution in [0.25, 0.3) is 0 Å². The van der Waals surface area contributed by atoms with Gasteiger partial charge in [-0.2, -0.15) is 0 Å². The van der Waals surface area contributed by atoms with Gasteiger partial charge in [-0.3, -0.25) is 9.59 Å². The van der Waals surface area contributed by atoms with E-state index in [2.05, 4.69) is 5.32 Å². The standard InChI is InChI=1S/C18H18N2O5S/c1-12-11-26(23,24)20(18(12)22)15-5-3-4-13(10-15)17(21)19-14-6-8-16(25-2)9-7-14/h3-10,12H,11H2,1-2H3,(H,19,21)/t12-/m1/s1. The van der Waals surface area contributed by atoms with E-state index >= 15 is 0 Å².